The molecule has 0 aliphatic carbocycles. The van der Waals surface area contributed by atoms with Gasteiger partial charge in [-0.3, -0.25) is 0 Å². The predicted molar refractivity (Wildman–Crippen MR) is 82.8 cm³/mol. The van der Waals surface area contributed by atoms with Crippen LogP contribution in [0.3, 0.4) is 0 Å². The third kappa shape index (κ3) is 4.58. The lowest BCUT2D eigenvalue weighted by Gasteiger charge is -2.06. The Morgan fingerprint density at radius 2 is 2.10 bits per heavy atom. The maximum absolute atomic E-state index is 11.9. The molecule has 0 amide bonds. The molecule has 0 saturated carbocycles. The van der Waals surface area contributed by atoms with Crippen LogP contribution in [0.5, 0.6) is 0 Å². The lowest BCUT2D eigenvalue weighted by Crippen LogP contribution is -2.09. The number of ether oxygens (including phenoxy) is 2. The molecule has 0 atom stereocenters. The van der Waals surface area contributed by atoms with Crippen molar-refractivity contribution in [1.82, 2.24) is 0 Å². The smallest absolute Gasteiger partial charge is 0.350 e. The highest BCUT2D eigenvalue weighted by atomic mass is 32.2. The minimum absolute atomic E-state index is 0.0482. The summed E-state index contributed by atoms with van der Waals surface area (Å²) in [6, 6.07) is 0. The average molecular weight is 336 g/mol. The van der Waals surface area contributed by atoms with Gasteiger partial charge in [-0.05, 0) is 13.3 Å². The van der Waals surface area contributed by atoms with Gasteiger partial charge in [0, 0.05) is 26.5 Å². The number of carbonyl (C=O) groups is 1. The number of thiophene rings is 1. The monoisotopic (exact) mass is 336 g/mol. The molecule has 1 rings (SSSR count). The van der Waals surface area contributed by atoms with Crippen LogP contribution in [0.15, 0.2) is 4.90 Å². The number of hydrogen-bond acceptors (Lipinski definition) is 8. The molecule has 21 heavy (non-hydrogen) atoms. The van der Waals surface area contributed by atoms with Crippen molar-refractivity contribution < 1.29 is 22.7 Å². The first kappa shape index (κ1) is 17.7. The summed E-state index contributed by atoms with van der Waals surface area (Å²) >= 11 is 0.988. The molecule has 0 unspecified atom stereocenters. The second-order valence-electron chi connectivity index (χ2n) is 4.27. The molecular formula is C12H20N2O5S2. The van der Waals surface area contributed by atoms with Gasteiger partial charge in [0.2, 0.25) is 0 Å². The molecule has 0 bridgehead atoms. The van der Waals surface area contributed by atoms with E-state index in [-0.39, 0.29) is 22.1 Å². The average Bonchev–Trinajstić information content (AvgIpc) is 2.72. The Morgan fingerprint density at radius 1 is 1.43 bits per heavy atom. The van der Waals surface area contributed by atoms with E-state index < -0.39 is 15.8 Å². The minimum Gasteiger partial charge on any atom is -0.462 e. The van der Waals surface area contributed by atoms with Gasteiger partial charge in [0.15, 0.2) is 9.84 Å². The maximum Gasteiger partial charge on any atom is 0.350 e. The molecule has 7 nitrogen and oxygen atoms in total. The summed E-state index contributed by atoms with van der Waals surface area (Å²) < 4.78 is 33.5. The van der Waals surface area contributed by atoms with E-state index in [1.807, 2.05) is 0 Å². The molecule has 0 spiro atoms. The number of nitrogens with one attached hydrogen (secondary N) is 1. The van der Waals surface area contributed by atoms with Crippen molar-refractivity contribution in [3.05, 3.63) is 4.88 Å². The van der Waals surface area contributed by atoms with Crippen LogP contribution in [0.25, 0.3) is 0 Å². The normalized spacial score (nSPS) is 11.4. The zero-order chi connectivity index (χ0) is 16.0. The fourth-order valence-corrected chi connectivity index (χ4v) is 4.17. The number of methoxy groups -OCH3 is 1. The zero-order valence-electron chi connectivity index (χ0n) is 12.3. The fraction of sp³-hybridized carbons (Fsp3) is 0.583. The van der Waals surface area contributed by atoms with Crippen molar-refractivity contribution in [1.29, 1.82) is 0 Å². The third-order valence-electron chi connectivity index (χ3n) is 2.54. The van der Waals surface area contributed by atoms with Crippen molar-refractivity contribution in [2.24, 2.45) is 0 Å². The molecule has 120 valence electrons. The topological polar surface area (TPSA) is 108 Å². The Morgan fingerprint density at radius 3 is 2.62 bits per heavy atom. The summed E-state index contributed by atoms with van der Waals surface area (Å²) in [4.78, 5) is 11.9. The number of carbonyl (C=O) groups excluding carboxylic acids is 1. The first-order valence-electron chi connectivity index (χ1n) is 6.35. The minimum atomic E-state index is -3.55. The Labute approximate surface area is 128 Å². The Balaban J connectivity index is 3.10. The lowest BCUT2D eigenvalue weighted by atomic mass is 10.4. The van der Waals surface area contributed by atoms with Gasteiger partial charge in [0.25, 0.3) is 0 Å². The largest absolute Gasteiger partial charge is 0.462 e. The second kappa shape index (κ2) is 7.62. The lowest BCUT2D eigenvalue weighted by molar-refractivity contribution is 0.0533. The van der Waals surface area contributed by atoms with Gasteiger partial charge in [-0.1, -0.05) is 0 Å². The van der Waals surface area contributed by atoms with E-state index in [1.54, 1.807) is 14.0 Å². The van der Waals surface area contributed by atoms with Gasteiger partial charge in [-0.15, -0.1) is 11.3 Å². The summed E-state index contributed by atoms with van der Waals surface area (Å²) in [5, 5.41) is 3.34. The van der Waals surface area contributed by atoms with Crippen LogP contribution in [-0.2, 0) is 19.3 Å². The van der Waals surface area contributed by atoms with Crippen molar-refractivity contribution in [2.45, 2.75) is 18.2 Å². The molecule has 9 heteroatoms. The van der Waals surface area contributed by atoms with Gasteiger partial charge in [0.1, 0.15) is 14.8 Å². The molecule has 1 heterocycles. The highest BCUT2D eigenvalue weighted by molar-refractivity contribution is 7.91. The Hall–Kier alpha value is -1.32. The molecule has 0 saturated heterocycles. The Bertz CT molecular complexity index is 595. The van der Waals surface area contributed by atoms with Crippen LogP contribution in [0.1, 0.15) is 23.0 Å². The number of rotatable bonds is 8. The molecule has 0 fully saturated rings. The van der Waals surface area contributed by atoms with Gasteiger partial charge in [-0.2, -0.15) is 0 Å². The van der Waals surface area contributed by atoms with Crippen LogP contribution in [-0.4, -0.2) is 47.5 Å². The summed E-state index contributed by atoms with van der Waals surface area (Å²) in [5.41, 5.74) is 5.76. The van der Waals surface area contributed by atoms with Gasteiger partial charge in [0.05, 0.1) is 12.3 Å². The molecule has 0 aliphatic heterocycles. The fourth-order valence-electron chi connectivity index (χ4n) is 1.68. The van der Waals surface area contributed by atoms with Crippen LogP contribution >= 0.6 is 11.3 Å². The number of nitrogens with two attached hydrogens (primary N) is 1. The van der Waals surface area contributed by atoms with Gasteiger partial charge >= 0.3 is 5.97 Å². The maximum atomic E-state index is 11.9. The third-order valence-corrected chi connectivity index (χ3v) is 4.98. The van der Waals surface area contributed by atoms with E-state index in [1.165, 1.54) is 0 Å². The molecule has 1 aromatic heterocycles. The van der Waals surface area contributed by atoms with Crippen LogP contribution < -0.4 is 11.1 Å². The quantitative estimate of drug-likeness (QED) is 0.545. The summed E-state index contributed by atoms with van der Waals surface area (Å²) in [5.74, 6) is -0.616. The van der Waals surface area contributed by atoms with Crippen LogP contribution in [0.4, 0.5) is 10.7 Å². The van der Waals surface area contributed by atoms with Crippen LogP contribution in [0.2, 0.25) is 0 Å². The van der Waals surface area contributed by atoms with Gasteiger partial charge < -0.3 is 20.5 Å². The SMILES string of the molecule is CCOC(=O)c1sc(NCCCOC)c(S(C)(=O)=O)c1N. The molecule has 1 aromatic rings. The van der Waals surface area contributed by atoms with Gasteiger partial charge in [-0.25, -0.2) is 13.2 Å². The number of esters is 1. The first-order valence-corrected chi connectivity index (χ1v) is 9.06. The number of anilines is 2. The van der Waals surface area contributed by atoms with E-state index in [2.05, 4.69) is 5.32 Å². The number of hydrogen-bond donors (Lipinski definition) is 2. The molecule has 3 N–H and O–H groups in total. The molecule has 0 aliphatic rings. The van der Waals surface area contributed by atoms with Crippen molar-refractivity contribution in [3.63, 3.8) is 0 Å². The first-order chi connectivity index (χ1) is 9.82. The summed E-state index contributed by atoms with van der Waals surface area (Å²) in [6.07, 6.45) is 1.76. The highest BCUT2D eigenvalue weighted by Gasteiger charge is 2.27. The standard InChI is InChI=1S/C12H20N2O5S2/c1-4-19-12(15)9-8(13)10(21(3,16)17)11(20-9)14-6-5-7-18-2/h14H,4-7,13H2,1-3H3. The number of sulfone groups is 1. The zero-order valence-corrected chi connectivity index (χ0v) is 13.9. The summed E-state index contributed by atoms with van der Waals surface area (Å²) in [6.45, 7) is 2.93. The highest BCUT2D eigenvalue weighted by Crippen LogP contribution is 2.39. The molecule has 0 radical (unpaired) electrons. The summed E-state index contributed by atoms with van der Waals surface area (Å²) in [7, 11) is -1.96. The van der Waals surface area contributed by atoms with E-state index in [4.69, 9.17) is 15.2 Å². The van der Waals surface area contributed by atoms with Crippen LogP contribution in [0, 0.1) is 0 Å². The van der Waals surface area contributed by atoms with Crippen molar-refractivity contribution in [3.8, 4) is 0 Å². The second-order valence-corrected chi connectivity index (χ2v) is 7.24. The van der Waals surface area contributed by atoms with E-state index in [9.17, 15) is 13.2 Å². The van der Waals surface area contributed by atoms with E-state index in [0.29, 0.717) is 24.6 Å². The van der Waals surface area contributed by atoms with Crippen molar-refractivity contribution >= 4 is 37.8 Å². The molecule has 0 aromatic carbocycles. The molecular weight excluding hydrogens is 316 g/mol. The number of nitrogen functional groups attached to an aromatic ring is 1. The van der Waals surface area contributed by atoms with Crippen molar-refractivity contribution in [2.75, 3.05) is 44.2 Å². The predicted octanol–water partition coefficient (Wildman–Crippen LogP) is 1.36. The van der Waals surface area contributed by atoms with E-state index in [0.717, 1.165) is 17.6 Å². The Kier molecular flexibility index (Phi) is 6.43. The van der Waals surface area contributed by atoms with E-state index >= 15 is 0 Å².